The van der Waals surface area contributed by atoms with Gasteiger partial charge >= 0.3 is 0 Å². The summed E-state index contributed by atoms with van der Waals surface area (Å²) in [5.41, 5.74) is 5.37. The van der Waals surface area contributed by atoms with Crippen LogP contribution in [0.25, 0.3) is 0 Å². The number of methoxy groups -OCH3 is 1. The Kier molecular flexibility index (Phi) is 5.86. The highest BCUT2D eigenvalue weighted by Crippen LogP contribution is 2.27. The first-order valence-electron chi connectivity index (χ1n) is 6.07. The van der Waals surface area contributed by atoms with E-state index < -0.39 is 0 Å². The Bertz CT molecular complexity index is 377. The summed E-state index contributed by atoms with van der Waals surface area (Å²) in [6, 6.07) is 2.14. The molecule has 0 aliphatic carbocycles. The van der Waals surface area contributed by atoms with Crippen molar-refractivity contribution in [3.8, 4) is 5.75 Å². The van der Waals surface area contributed by atoms with Gasteiger partial charge in [-0.3, -0.25) is 0 Å². The molecule has 1 rings (SSSR count). The van der Waals surface area contributed by atoms with Crippen LogP contribution in [0.3, 0.4) is 0 Å². The Morgan fingerprint density at radius 2 is 1.88 bits per heavy atom. The van der Waals surface area contributed by atoms with Gasteiger partial charge in [-0.1, -0.05) is 0 Å². The van der Waals surface area contributed by atoms with Gasteiger partial charge in [0.1, 0.15) is 5.75 Å². The van der Waals surface area contributed by atoms with E-state index in [9.17, 15) is 0 Å². The molecule has 1 aromatic rings. The summed E-state index contributed by atoms with van der Waals surface area (Å²) in [6.45, 7) is 8.43. The average molecular weight is 253 g/mol. The van der Waals surface area contributed by atoms with Crippen molar-refractivity contribution < 1.29 is 4.74 Å². The topological polar surface area (TPSA) is 21.3 Å². The maximum absolute atomic E-state index is 5.38. The number of benzene rings is 1. The third kappa shape index (κ3) is 3.65. The molecule has 0 aromatic heterocycles. The van der Waals surface area contributed by atoms with Crippen molar-refractivity contribution in [2.45, 2.75) is 27.2 Å². The molecule has 0 fully saturated rings. The van der Waals surface area contributed by atoms with Crippen LogP contribution in [0.1, 0.15) is 22.3 Å². The molecule has 0 saturated carbocycles. The predicted molar refractivity (Wildman–Crippen MR) is 77.6 cm³/mol. The maximum Gasteiger partial charge on any atom is 0.122 e. The van der Waals surface area contributed by atoms with Crippen LogP contribution >= 0.6 is 12.6 Å². The highest BCUT2D eigenvalue weighted by molar-refractivity contribution is 7.80. The minimum Gasteiger partial charge on any atom is -0.496 e. The molecular formula is C14H23NOS. The lowest BCUT2D eigenvalue weighted by molar-refractivity contribution is 0.410. The van der Waals surface area contributed by atoms with E-state index in [4.69, 9.17) is 4.74 Å². The standard InChI is InChI=1S/C14H23NOS/c1-10-9-14(16-4)12(3)11(2)13(10)5-6-15-7-8-17/h9,15,17H,5-8H2,1-4H3. The van der Waals surface area contributed by atoms with E-state index in [2.05, 4.69) is 44.8 Å². The second-order valence-electron chi connectivity index (χ2n) is 4.35. The van der Waals surface area contributed by atoms with E-state index in [1.54, 1.807) is 7.11 Å². The quantitative estimate of drug-likeness (QED) is 0.601. The SMILES string of the molecule is COc1cc(C)c(CCNCCS)c(C)c1C. The highest BCUT2D eigenvalue weighted by atomic mass is 32.1. The minimum atomic E-state index is 0.888. The zero-order valence-corrected chi connectivity index (χ0v) is 12.2. The fourth-order valence-corrected chi connectivity index (χ4v) is 2.27. The Morgan fingerprint density at radius 3 is 2.47 bits per heavy atom. The number of nitrogens with one attached hydrogen (secondary N) is 1. The van der Waals surface area contributed by atoms with Crippen molar-refractivity contribution in [3.05, 3.63) is 28.3 Å². The van der Waals surface area contributed by atoms with Gasteiger partial charge in [0.15, 0.2) is 0 Å². The van der Waals surface area contributed by atoms with Gasteiger partial charge in [0.2, 0.25) is 0 Å². The first-order chi connectivity index (χ1) is 8.11. The normalized spacial score (nSPS) is 10.6. The van der Waals surface area contributed by atoms with E-state index in [0.717, 1.165) is 31.0 Å². The lowest BCUT2D eigenvalue weighted by Gasteiger charge is -2.16. The molecule has 0 amide bonds. The van der Waals surface area contributed by atoms with Crippen LogP contribution in [0, 0.1) is 20.8 Å². The molecule has 96 valence electrons. The number of rotatable bonds is 6. The molecule has 0 spiro atoms. The molecule has 0 aliphatic rings. The van der Waals surface area contributed by atoms with Crippen molar-refractivity contribution in [2.75, 3.05) is 26.0 Å². The van der Waals surface area contributed by atoms with Crippen molar-refractivity contribution in [1.82, 2.24) is 5.32 Å². The molecule has 0 unspecified atom stereocenters. The molecule has 3 heteroatoms. The summed E-state index contributed by atoms with van der Waals surface area (Å²) < 4.78 is 5.38. The molecule has 1 aromatic carbocycles. The van der Waals surface area contributed by atoms with Crippen LogP contribution < -0.4 is 10.1 Å². The van der Waals surface area contributed by atoms with Gasteiger partial charge in [-0.05, 0) is 62.1 Å². The zero-order valence-electron chi connectivity index (χ0n) is 11.3. The predicted octanol–water partition coefficient (Wildman–Crippen LogP) is 2.68. The summed E-state index contributed by atoms with van der Waals surface area (Å²) >= 11 is 4.18. The van der Waals surface area contributed by atoms with Crippen molar-refractivity contribution in [3.63, 3.8) is 0 Å². The van der Waals surface area contributed by atoms with E-state index in [1.165, 1.54) is 22.3 Å². The molecule has 0 aliphatic heterocycles. The van der Waals surface area contributed by atoms with Crippen LogP contribution in [-0.4, -0.2) is 26.0 Å². The molecule has 0 radical (unpaired) electrons. The van der Waals surface area contributed by atoms with Gasteiger partial charge in [0.05, 0.1) is 7.11 Å². The van der Waals surface area contributed by atoms with Crippen LogP contribution in [0.2, 0.25) is 0 Å². The third-order valence-corrected chi connectivity index (χ3v) is 3.49. The highest BCUT2D eigenvalue weighted by Gasteiger charge is 2.09. The number of aryl methyl sites for hydroxylation is 1. The molecule has 0 atom stereocenters. The van der Waals surface area contributed by atoms with Crippen LogP contribution in [0.15, 0.2) is 6.07 Å². The van der Waals surface area contributed by atoms with Crippen molar-refractivity contribution in [1.29, 1.82) is 0 Å². The van der Waals surface area contributed by atoms with E-state index in [-0.39, 0.29) is 0 Å². The van der Waals surface area contributed by atoms with Gasteiger partial charge in [0.25, 0.3) is 0 Å². The molecule has 0 bridgehead atoms. The second kappa shape index (κ2) is 6.92. The smallest absolute Gasteiger partial charge is 0.122 e. The summed E-state index contributed by atoms with van der Waals surface area (Å²) in [5, 5.41) is 3.38. The van der Waals surface area contributed by atoms with Crippen molar-refractivity contribution >= 4 is 12.6 Å². The van der Waals surface area contributed by atoms with Crippen LogP contribution in [0.5, 0.6) is 5.75 Å². The van der Waals surface area contributed by atoms with Crippen molar-refractivity contribution in [2.24, 2.45) is 0 Å². The summed E-state index contributed by atoms with van der Waals surface area (Å²) in [4.78, 5) is 0. The number of hydrogen-bond donors (Lipinski definition) is 2. The monoisotopic (exact) mass is 253 g/mol. The Balaban J connectivity index is 2.81. The van der Waals surface area contributed by atoms with Crippen LogP contribution in [-0.2, 0) is 6.42 Å². The maximum atomic E-state index is 5.38. The van der Waals surface area contributed by atoms with E-state index in [0.29, 0.717) is 0 Å². The summed E-state index contributed by atoms with van der Waals surface area (Å²) in [7, 11) is 1.73. The zero-order chi connectivity index (χ0) is 12.8. The lowest BCUT2D eigenvalue weighted by Crippen LogP contribution is -2.20. The van der Waals surface area contributed by atoms with Gasteiger partial charge in [-0.25, -0.2) is 0 Å². The Hall–Kier alpha value is -0.670. The number of ether oxygens (including phenoxy) is 1. The van der Waals surface area contributed by atoms with Gasteiger partial charge in [-0.15, -0.1) is 0 Å². The molecular weight excluding hydrogens is 230 g/mol. The molecule has 0 saturated heterocycles. The number of thiol groups is 1. The van der Waals surface area contributed by atoms with Gasteiger partial charge < -0.3 is 10.1 Å². The van der Waals surface area contributed by atoms with Crippen LogP contribution in [0.4, 0.5) is 0 Å². The van der Waals surface area contributed by atoms with E-state index >= 15 is 0 Å². The van der Waals surface area contributed by atoms with E-state index in [1.807, 2.05) is 0 Å². The first kappa shape index (κ1) is 14.4. The summed E-state index contributed by atoms with van der Waals surface area (Å²) in [5.74, 6) is 1.88. The third-order valence-electron chi connectivity index (χ3n) is 3.27. The molecule has 0 heterocycles. The summed E-state index contributed by atoms with van der Waals surface area (Å²) in [6.07, 6.45) is 1.07. The van der Waals surface area contributed by atoms with Gasteiger partial charge in [-0.2, -0.15) is 12.6 Å². The van der Waals surface area contributed by atoms with Gasteiger partial charge in [0, 0.05) is 12.3 Å². The molecule has 17 heavy (non-hydrogen) atoms. The molecule has 2 nitrogen and oxygen atoms in total. The average Bonchev–Trinajstić information content (AvgIpc) is 2.32. The fourth-order valence-electron chi connectivity index (χ4n) is 2.11. The minimum absolute atomic E-state index is 0.888. The lowest BCUT2D eigenvalue weighted by atomic mass is 9.95. The number of hydrogen-bond acceptors (Lipinski definition) is 3. The molecule has 1 N–H and O–H groups in total. The Morgan fingerprint density at radius 1 is 1.18 bits per heavy atom. The second-order valence-corrected chi connectivity index (χ2v) is 4.80. The Labute approximate surface area is 110 Å². The largest absolute Gasteiger partial charge is 0.496 e. The fraction of sp³-hybridized carbons (Fsp3) is 0.571. The first-order valence-corrected chi connectivity index (χ1v) is 6.70.